The van der Waals surface area contributed by atoms with E-state index < -0.39 is 6.10 Å². The lowest BCUT2D eigenvalue weighted by Gasteiger charge is -2.12. The highest BCUT2D eigenvalue weighted by Gasteiger charge is 2.16. The summed E-state index contributed by atoms with van der Waals surface area (Å²) in [6.45, 7) is 4.42. The number of nitrogens with one attached hydrogen (secondary N) is 1. The molecule has 0 bridgehead atoms. The second-order valence-corrected chi connectivity index (χ2v) is 7.61. The van der Waals surface area contributed by atoms with Gasteiger partial charge in [0.05, 0.1) is 26.1 Å². The van der Waals surface area contributed by atoms with Crippen molar-refractivity contribution in [3.8, 4) is 5.75 Å². The number of rotatable bonds is 9. The smallest absolute Gasteiger partial charge is 0.191 e. The summed E-state index contributed by atoms with van der Waals surface area (Å²) in [7, 11) is 1.64. The van der Waals surface area contributed by atoms with Gasteiger partial charge >= 0.3 is 0 Å². The van der Waals surface area contributed by atoms with Crippen molar-refractivity contribution in [2.45, 2.75) is 37.7 Å². The van der Waals surface area contributed by atoms with Crippen molar-refractivity contribution in [3.63, 3.8) is 0 Å². The highest BCUT2D eigenvalue weighted by molar-refractivity contribution is 7.99. The molecule has 2 heterocycles. The van der Waals surface area contributed by atoms with Gasteiger partial charge in [-0.15, -0.1) is 0 Å². The zero-order chi connectivity index (χ0) is 20.1. The van der Waals surface area contributed by atoms with Gasteiger partial charge in [-0.1, -0.05) is 23.9 Å². The van der Waals surface area contributed by atoms with Crippen LogP contribution in [0.1, 0.15) is 25.5 Å². The van der Waals surface area contributed by atoms with Crippen LogP contribution in [-0.2, 0) is 6.54 Å². The Hall–Kier alpha value is -2.36. The van der Waals surface area contributed by atoms with Gasteiger partial charge in [0.1, 0.15) is 5.75 Å². The molecule has 1 atom stereocenters. The van der Waals surface area contributed by atoms with Crippen molar-refractivity contribution in [3.05, 3.63) is 36.2 Å². The van der Waals surface area contributed by atoms with Gasteiger partial charge in [0.2, 0.25) is 0 Å². The van der Waals surface area contributed by atoms with Crippen molar-refractivity contribution < 1.29 is 14.9 Å². The number of methoxy groups -OCH3 is 1. The molecular formula is C19H25N5O3S. The number of fused-ring (bicyclic) bond motifs is 1. The summed E-state index contributed by atoms with van der Waals surface area (Å²) >= 11 is 1.30. The number of nitrogens with zero attached hydrogens (tertiary/aromatic N) is 4. The quantitative estimate of drug-likeness (QED) is 0.370. The van der Waals surface area contributed by atoms with Crippen molar-refractivity contribution in [2.75, 3.05) is 24.8 Å². The molecule has 8 nitrogen and oxygen atoms in total. The van der Waals surface area contributed by atoms with E-state index in [4.69, 9.17) is 9.84 Å². The topological polar surface area (TPSA) is 105 Å². The number of aliphatic hydroxyl groups is 2. The Bertz CT molecular complexity index is 914. The van der Waals surface area contributed by atoms with E-state index in [1.165, 1.54) is 11.8 Å². The summed E-state index contributed by atoms with van der Waals surface area (Å²) in [6.07, 6.45) is 0.953. The van der Waals surface area contributed by atoms with Gasteiger partial charge in [-0.3, -0.25) is 0 Å². The van der Waals surface area contributed by atoms with E-state index in [2.05, 4.69) is 34.1 Å². The van der Waals surface area contributed by atoms with Crippen LogP contribution in [0.2, 0.25) is 0 Å². The molecule has 0 spiro atoms. The standard InChI is InChI=1S/C19H25N5O3S/c1-12(2)24-11-21-16-17(20-8-13-4-6-15(27-3)7-5-13)22-19(23-18(16)24)28-10-14(26)9-25/h4-7,11-12,14,25-26H,8-10H2,1-3H3,(H,20,22,23). The van der Waals surface area contributed by atoms with Gasteiger partial charge in [0.15, 0.2) is 22.1 Å². The van der Waals surface area contributed by atoms with Gasteiger partial charge in [0.25, 0.3) is 0 Å². The van der Waals surface area contributed by atoms with Crippen molar-refractivity contribution in [1.29, 1.82) is 0 Å². The minimum absolute atomic E-state index is 0.204. The number of thioether (sulfide) groups is 1. The first-order valence-electron chi connectivity index (χ1n) is 9.05. The van der Waals surface area contributed by atoms with E-state index in [1.54, 1.807) is 13.4 Å². The summed E-state index contributed by atoms with van der Waals surface area (Å²) < 4.78 is 7.18. The maximum absolute atomic E-state index is 9.63. The van der Waals surface area contributed by atoms with E-state index >= 15 is 0 Å². The van der Waals surface area contributed by atoms with E-state index in [0.29, 0.717) is 28.8 Å². The SMILES string of the molecule is COc1ccc(CNc2nc(SCC(O)CO)nc3c2ncn3C(C)C)cc1. The molecule has 2 aromatic heterocycles. The maximum atomic E-state index is 9.63. The molecular weight excluding hydrogens is 378 g/mol. The number of aromatic nitrogens is 4. The average Bonchev–Trinajstić information content (AvgIpc) is 3.15. The predicted octanol–water partition coefficient (Wildman–Crippen LogP) is 2.47. The molecule has 3 aromatic rings. The fourth-order valence-corrected chi connectivity index (χ4v) is 3.37. The summed E-state index contributed by atoms with van der Waals surface area (Å²) in [6, 6.07) is 8.01. The van der Waals surface area contributed by atoms with Crippen LogP contribution in [0.15, 0.2) is 35.7 Å². The van der Waals surface area contributed by atoms with Crippen LogP contribution in [0.4, 0.5) is 5.82 Å². The van der Waals surface area contributed by atoms with Crippen molar-refractivity contribution in [2.24, 2.45) is 0 Å². The number of hydrogen-bond donors (Lipinski definition) is 3. The Morgan fingerprint density at radius 1 is 1.21 bits per heavy atom. The number of hydrogen-bond acceptors (Lipinski definition) is 8. The minimum atomic E-state index is -0.810. The first-order chi connectivity index (χ1) is 13.5. The third-order valence-electron chi connectivity index (χ3n) is 4.19. The van der Waals surface area contributed by atoms with Gasteiger partial charge in [0, 0.05) is 18.3 Å². The Morgan fingerprint density at radius 2 is 1.96 bits per heavy atom. The minimum Gasteiger partial charge on any atom is -0.497 e. The van der Waals surface area contributed by atoms with Crippen LogP contribution in [0.3, 0.4) is 0 Å². The molecule has 0 aliphatic rings. The average molecular weight is 404 g/mol. The number of imidazole rings is 1. The predicted molar refractivity (Wildman–Crippen MR) is 110 cm³/mol. The van der Waals surface area contributed by atoms with E-state index in [0.717, 1.165) is 17.0 Å². The summed E-state index contributed by atoms with van der Waals surface area (Å²) in [5, 5.41) is 22.5. The molecule has 0 saturated carbocycles. The molecule has 0 aliphatic heterocycles. The molecule has 1 aromatic carbocycles. The molecule has 0 aliphatic carbocycles. The highest BCUT2D eigenvalue weighted by atomic mass is 32.2. The summed E-state index contributed by atoms with van der Waals surface area (Å²) in [4.78, 5) is 13.7. The largest absolute Gasteiger partial charge is 0.497 e. The summed E-state index contributed by atoms with van der Waals surface area (Å²) in [5.74, 6) is 1.77. The van der Waals surface area contributed by atoms with Gasteiger partial charge in [-0.2, -0.15) is 0 Å². The van der Waals surface area contributed by atoms with E-state index in [-0.39, 0.29) is 12.6 Å². The number of ether oxygens (including phenoxy) is 1. The molecule has 0 amide bonds. The second-order valence-electron chi connectivity index (χ2n) is 6.62. The zero-order valence-electron chi connectivity index (χ0n) is 16.2. The summed E-state index contributed by atoms with van der Waals surface area (Å²) in [5.41, 5.74) is 2.53. The van der Waals surface area contributed by atoms with Crippen LogP contribution >= 0.6 is 11.8 Å². The second kappa shape index (κ2) is 9.22. The molecule has 3 rings (SSSR count). The first kappa shape index (κ1) is 20.4. The van der Waals surface area contributed by atoms with Crippen molar-refractivity contribution in [1.82, 2.24) is 19.5 Å². The molecule has 1 unspecified atom stereocenters. The van der Waals surface area contributed by atoms with E-state index in [1.807, 2.05) is 28.8 Å². The number of benzene rings is 1. The Kier molecular flexibility index (Phi) is 6.71. The third-order valence-corrected chi connectivity index (χ3v) is 5.18. The number of anilines is 1. The molecule has 150 valence electrons. The lowest BCUT2D eigenvalue weighted by atomic mass is 10.2. The highest BCUT2D eigenvalue weighted by Crippen LogP contribution is 2.26. The fourth-order valence-electron chi connectivity index (χ4n) is 2.61. The Balaban J connectivity index is 1.87. The normalized spacial score (nSPS) is 12.5. The molecule has 0 radical (unpaired) electrons. The first-order valence-corrected chi connectivity index (χ1v) is 10.0. The van der Waals surface area contributed by atoms with Crippen LogP contribution < -0.4 is 10.1 Å². The van der Waals surface area contributed by atoms with Crippen LogP contribution in [0.25, 0.3) is 11.2 Å². The molecule has 3 N–H and O–H groups in total. The fraction of sp³-hybridized carbons (Fsp3) is 0.421. The van der Waals surface area contributed by atoms with E-state index in [9.17, 15) is 5.11 Å². The van der Waals surface area contributed by atoms with Crippen molar-refractivity contribution >= 4 is 28.7 Å². The van der Waals surface area contributed by atoms with Crippen LogP contribution in [0, 0.1) is 0 Å². The van der Waals surface area contributed by atoms with Crippen LogP contribution in [0.5, 0.6) is 5.75 Å². The lowest BCUT2D eigenvalue weighted by Crippen LogP contribution is -2.15. The Morgan fingerprint density at radius 3 is 2.61 bits per heavy atom. The third kappa shape index (κ3) is 4.73. The van der Waals surface area contributed by atoms with Gasteiger partial charge in [-0.25, -0.2) is 15.0 Å². The van der Waals surface area contributed by atoms with Crippen LogP contribution in [-0.4, -0.2) is 55.3 Å². The monoisotopic (exact) mass is 403 g/mol. The molecule has 0 saturated heterocycles. The molecule has 0 fully saturated rings. The van der Waals surface area contributed by atoms with Gasteiger partial charge < -0.3 is 24.8 Å². The number of aliphatic hydroxyl groups excluding tert-OH is 2. The van der Waals surface area contributed by atoms with Gasteiger partial charge in [-0.05, 0) is 31.5 Å². The molecule has 9 heteroatoms. The lowest BCUT2D eigenvalue weighted by molar-refractivity contribution is 0.113. The zero-order valence-corrected chi connectivity index (χ0v) is 17.0. The Labute approximate surface area is 168 Å². The molecule has 28 heavy (non-hydrogen) atoms. The maximum Gasteiger partial charge on any atom is 0.191 e.